The Labute approximate surface area is 116 Å². The van der Waals surface area contributed by atoms with Gasteiger partial charge in [0.15, 0.2) is 0 Å². The number of rotatable bonds is 5. The maximum absolute atomic E-state index is 11.5. The molecule has 0 aromatic carbocycles. The number of nitrogens with one attached hydrogen (secondary N) is 1. The quantitative estimate of drug-likeness (QED) is 0.844. The molecular weight excluding hydrogens is 266 g/mol. The number of ether oxygens (including phenoxy) is 1. The predicted molar refractivity (Wildman–Crippen MR) is 77.2 cm³/mol. The Morgan fingerprint density at radius 2 is 2.50 bits per heavy atom. The Bertz CT molecular complexity index is 380. The van der Waals surface area contributed by atoms with Gasteiger partial charge in [-0.1, -0.05) is 13.0 Å². The SMILES string of the molecule is COC(=O)CC(NC1CCSC1C)c1cccs1. The van der Waals surface area contributed by atoms with Crippen LogP contribution in [-0.2, 0) is 9.53 Å². The Morgan fingerprint density at radius 3 is 3.06 bits per heavy atom. The minimum absolute atomic E-state index is 0.0867. The average Bonchev–Trinajstić information content (AvgIpc) is 3.00. The van der Waals surface area contributed by atoms with Gasteiger partial charge in [0.05, 0.1) is 19.6 Å². The van der Waals surface area contributed by atoms with E-state index in [1.807, 2.05) is 23.2 Å². The lowest BCUT2D eigenvalue weighted by atomic mass is 10.1. The second-order valence-electron chi connectivity index (χ2n) is 4.49. The van der Waals surface area contributed by atoms with Crippen molar-refractivity contribution < 1.29 is 9.53 Å². The molecule has 0 saturated carbocycles. The van der Waals surface area contributed by atoms with Gasteiger partial charge in [0, 0.05) is 16.2 Å². The molecule has 1 fully saturated rings. The largest absolute Gasteiger partial charge is 0.469 e. The van der Waals surface area contributed by atoms with Gasteiger partial charge in [0.2, 0.25) is 0 Å². The fourth-order valence-electron chi connectivity index (χ4n) is 2.19. The highest BCUT2D eigenvalue weighted by Gasteiger charge is 2.28. The molecule has 100 valence electrons. The maximum atomic E-state index is 11.5. The van der Waals surface area contributed by atoms with E-state index in [0.717, 1.165) is 0 Å². The van der Waals surface area contributed by atoms with Crippen LogP contribution in [0.3, 0.4) is 0 Å². The zero-order chi connectivity index (χ0) is 13.0. The van der Waals surface area contributed by atoms with Crippen LogP contribution in [0.4, 0.5) is 0 Å². The van der Waals surface area contributed by atoms with Crippen LogP contribution in [0.2, 0.25) is 0 Å². The molecule has 3 atom stereocenters. The van der Waals surface area contributed by atoms with E-state index in [1.165, 1.54) is 24.2 Å². The molecule has 0 radical (unpaired) electrons. The fraction of sp³-hybridized carbons (Fsp3) is 0.615. The van der Waals surface area contributed by atoms with Crippen molar-refractivity contribution in [1.29, 1.82) is 0 Å². The summed E-state index contributed by atoms with van der Waals surface area (Å²) in [5, 5.41) is 6.29. The van der Waals surface area contributed by atoms with E-state index in [0.29, 0.717) is 17.7 Å². The third-order valence-electron chi connectivity index (χ3n) is 3.28. The van der Waals surface area contributed by atoms with Crippen molar-refractivity contribution in [1.82, 2.24) is 5.32 Å². The molecule has 0 amide bonds. The molecule has 5 heteroatoms. The lowest BCUT2D eigenvalue weighted by Crippen LogP contribution is -2.37. The minimum Gasteiger partial charge on any atom is -0.469 e. The summed E-state index contributed by atoms with van der Waals surface area (Å²) in [6.45, 7) is 2.25. The normalized spacial score (nSPS) is 25.0. The number of thiophene rings is 1. The molecule has 2 heterocycles. The van der Waals surface area contributed by atoms with Crippen LogP contribution in [0.1, 0.15) is 30.7 Å². The van der Waals surface area contributed by atoms with Crippen molar-refractivity contribution in [2.24, 2.45) is 0 Å². The minimum atomic E-state index is -0.154. The smallest absolute Gasteiger partial charge is 0.307 e. The molecule has 3 nitrogen and oxygen atoms in total. The summed E-state index contributed by atoms with van der Waals surface area (Å²) in [7, 11) is 1.45. The summed E-state index contributed by atoms with van der Waals surface area (Å²) in [5.74, 6) is 1.05. The molecule has 3 unspecified atom stereocenters. The molecule has 1 aliphatic rings. The van der Waals surface area contributed by atoms with Crippen molar-refractivity contribution in [3.05, 3.63) is 22.4 Å². The number of carbonyl (C=O) groups is 1. The van der Waals surface area contributed by atoms with Crippen LogP contribution >= 0.6 is 23.1 Å². The number of carbonyl (C=O) groups excluding carboxylic acids is 1. The van der Waals surface area contributed by atoms with Crippen LogP contribution in [-0.4, -0.2) is 30.1 Å². The van der Waals surface area contributed by atoms with Crippen LogP contribution in [0.25, 0.3) is 0 Å². The first-order valence-electron chi connectivity index (χ1n) is 6.18. The zero-order valence-electron chi connectivity index (χ0n) is 10.7. The summed E-state index contributed by atoms with van der Waals surface area (Å²) in [5.41, 5.74) is 0. The molecule has 1 aliphatic heterocycles. The molecule has 0 bridgehead atoms. The summed E-state index contributed by atoms with van der Waals surface area (Å²) in [6, 6.07) is 4.69. The van der Waals surface area contributed by atoms with Gasteiger partial charge < -0.3 is 10.1 Å². The summed E-state index contributed by atoms with van der Waals surface area (Å²) < 4.78 is 4.79. The number of hydrogen-bond acceptors (Lipinski definition) is 5. The van der Waals surface area contributed by atoms with Crippen molar-refractivity contribution in [3.8, 4) is 0 Å². The van der Waals surface area contributed by atoms with Gasteiger partial charge in [-0.3, -0.25) is 4.79 Å². The molecule has 0 spiro atoms. The van der Waals surface area contributed by atoms with Gasteiger partial charge >= 0.3 is 5.97 Å². The lowest BCUT2D eigenvalue weighted by molar-refractivity contribution is -0.141. The van der Waals surface area contributed by atoms with Gasteiger partial charge in [-0.05, 0) is 23.6 Å². The Hall–Kier alpha value is -0.520. The van der Waals surface area contributed by atoms with E-state index >= 15 is 0 Å². The van der Waals surface area contributed by atoms with Crippen molar-refractivity contribution in [2.75, 3.05) is 12.9 Å². The number of hydrogen-bond donors (Lipinski definition) is 1. The molecule has 1 aromatic heterocycles. The van der Waals surface area contributed by atoms with Gasteiger partial charge in [-0.2, -0.15) is 11.8 Å². The summed E-state index contributed by atoms with van der Waals surface area (Å²) in [4.78, 5) is 12.7. The highest BCUT2D eigenvalue weighted by Crippen LogP contribution is 2.30. The first-order valence-corrected chi connectivity index (χ1v) is 8.11. The van der Waals surface area contributed by atoms with E-state index < -0.39 is 0 Å². The van der Waals surface area contributed by atoms with Crippen LogP contribution in [0.5, 0.6) is 0 Å². The van der Waals surface area contributed by atoms with Crippen molar-refractivity contribution in [3.63, 3.8) is 0 Å². The predicted octanol–water partition coefficient (Wildman–Crippen LogP) is 2.84. The van der Waals surface area contributed by atoms with Gasteiger partial charge in [-0.25, -0.2) is 0 Å². The van der Waals surface area contributed by atoms with E-state index in [9.17, 15) is 4.79 Å². The highest BCUT2D eigenvalue weighted by atomic mass is 32.2. The highest BCUT2D eigenvalue weighted by molar-refractivity contribution is 8.00. The summed E-state index contributed by atoms with van der Waals surface area (Å²) >= 11 is 3.68. The second-order valence-corrected chi connectivity index (χ2v) is 6.95. The van der Waals surface area contributed by atoms with E-state index in [4.69, 9.17) is 4.74 Å². The maximum Gasteiger partial charge on any atom is 0.307 e. The monoisotopic (exact) mass is 285 g/mol. The van der Waals surface area contributed by atoms with Crippen molar-refractivity contribution >= 4 is 29.1 Å². The van der Waals surface area contributed by atoms with Gasteiger partial charge in [0.25, 0.3) is 0 Å². The Kier molecular flexibility index (Phi) is 5.09. The lowest BCUT2D eigenvalue weighted by Gasteiger charge is -2.23. The third-order valence-corrected chi connectivity index (χ3v) is 5.59. The second kappa shape index (κ2) is 6.59. The Balaban J connectivity index is 2.02. The zero-order valence-corrected chi connectivity index (χ0v) is 12.4. The van der Waals surface area contributed by atoms with Crippen LogP contribution in [0, 0.1) is 0 Å². The van der Waals surface area contributed by atoms with Crippen LogP contribution in [0.15, 0.2) is 17.5 Å². The molecule has 0 aliphatic carbocycles. The van der Waals surface area contributed by atoms with Gasteiger partial charge in [0.1, 0.15) is 0 Å². The number of thioether (sulfide) groups is 1. The molecule has 2 rings (SSSR count). The summed E-state index contributed by atoms with van der Waals surface area (Å²) in [6.07, 6.45) is 1.58. The fourth-order valence-corrected chi connectivity index (χ4v) is 4.19. The van der Waals surface area contributed by atoms with Crippen LogP contribution < -0.4 is 5.32 Å². The first-order chi connectivity index (χ1) is 8.70. The molecule has 1 saturated heterocycles. The number of esters is 1. The van der Waals surface area contributed by atoms with E-state index in [2.05, 4.69) is 18.3 Å². The molecular formula is C13H19NO2S2. The van der Waals surface area contributed by atoms with Crippen molar-refractivity contribution in [2.45, 2.75) is 37.1 Å². The standard InChI is InChI=1S/C13H19NO2S2/c1-9-10(5-7-17-9)14-11(8-13(15)16-2)12-4-3-6-18-12/h3-4,6,9-11,14H,5,7-8H2,1-2H3. The first kappa shape index (κ1) is 13.9. The average molecular weight is 285 g/mol. The molecule has 18 heavy (non-hydrogen) atoms. The number of methoxy groups -OCH3 is 1. The molecule has 1 aromatic rings. The Morgan fingerprint density at radius 1 is 1.67 bits per heavy atom. The van der Waals surface area contributed by atoms with Gasteiger partial charge in [-0.15, -0.1) is 11.3 Å². The van der Waals surface area contributed by atoms with E-state index in [1.54, 1.807) is 11.3 Å². The van der Waals surface area contributed by atoms with E-state index in [-0.39, 0.29) is 12.0 Å². The topological polar surface area (TPSA) is 38.3 Å². The third kappa shape index (κ3) is 3.49. The molecule has 1 N–H and O–H groups in total.